The van der Waals surface area contributed by atoms with E-state index in [4.69, 9.17) is 0 Å². The van der Waals surface area contributed by atoms with Crippen LogP contribution in [0.1, 0.15) is 64.9 Å². The van der Waals surface area contributed by atoms with Gasteiger partial charge in [0.25, 0.3) is 0 Å². The predicted molar refractivity (Wildman–Crippen MR) is 127 cm³/mol. The highest BCUT2D eigenvalue weighted by Crippen LogP contribution is 2.25. The van der Waals surface area contributed by atoms with Gasteiger partial charge in [-0.2, -0.15) is 0 Å². The highest BCUT2D eigenvalue weighted by atomic mass is 16.2. The molecule has 0 aliphatic carbocycles. The number of carbonyl (C=O) groups excluding carboxylic acids is 2. The van der Waals surface area contributed by atoms with E-state index in [0.717, 1.165) is 57.6 Å². The molecule has 0 aromatic carbocycles. The summed E-state index contributed by atoms with van der Waals surface area (Å²) in [5, 5.41) is 3.37. The number of piperidine rings is 1. The normalized spacial score (nSPS) is 21.6. The predicted octanol–water partition coefficient (Wildman–Crippen LogP) is 2.77. The van der Waals surface area contributed by atoms with Crippen LogP contribution in [-0.4, -0.2) is 69.4 Å². The zero-order valence-electron chi connectivity index (χ0n) is 20.9. The fourth-order valence-corrected chi connectivity index (χ4v) is 5.09. The Kier molecular flexibility index (Phi) is 8.37. The summed E-state index contributed by atoms with van der Waals surface area (Å²) in [5.41, 5.74) is 1.18. The lowest BCUT2D eigenvalue weighted by atomic mass is 9.91. The monoisotopic (exact) mass is 445 g/mol. The van der Waals surface area contributed by atoms with E-state index in [0.29, 0.717) is 24.3 Å². The van der Waals surface area contributed by atoms with E-state index in [9.17, 15) is 9.59 Å². The minimum absolute atomic E-state index is 0.101. The van der Waals surface area contributed by atoms with Gasteiger partial charge >= 0.3 is 0 Å². The zero-order valence-corrected chi connectivity index (χ0v) is 20.9. The molecule has 0 spiro atoms. The number of hydrogen-bond donors (Lipinski definition) is 1. The van der Waals surface area contributed by atoms with Gasteiger partial charge in [0, 0.05) is 51.5 Å². The lowest BCUT2D eigenvalue weighted by Gasteiger charge is -2.42. The van der Waals surface area contributed by atoms with Gasteiger partial charge in [-0.15, -0.1) is 0 Å². The van der Waals surface area contributed by atoms with Gasteiger partial charge in [-0.25, -0.2) is 4.98 Å². The SMILES string of the molecule is Cc1cnc(CC2CCN(C(=O)[C@H](CC(C)C)N3CCN[C@@H](CC(C)C)C3=O)CC2)n1C. The third kappa shape index (κ3) is 5.91. The summed E-state index contributed by atoms with van der Waals surface area (Å²) < 4.78 is 2.17. The van der Waals surface area contributed by atoms with E-state index in [1.165, 1.54) is 5.69 Å². The Morgan fingerprint density at radius 2 is 1.84 bits per heavy atom. The molecule has 32 heavy (non-hydrogen) atoms. The van der Waals surface area contributed by atoms with Crippen molar-refractivity contribution >= 4 is 11.8 Å². The molecule has 2 saturated heterocycles. The molecular weight excluding hydrogens is 402 g/mol. The Balaban J connectivity index is 1.63. The summed E-state index contributed by atoms with van der Waals surface area (Å²) in [5.74, 6) is 2.73. The minimum atomic E-state index is -0.340. The van der Waals surface area contributed by atoms with Crippen molar-refractivity contribution in [2.24, 2.45) is 24.8 Å². The van der Waals surface area contributed by atoms with Crippen LogP contribution in [-0.2, 0) is 23.1 Å². The van der Waals surface area contributed by atoms with E-state index in [1.807, 2.05) is 16.0 Å². The van der Waals surface area contributed by atoms with E-state index in [-0.39, 0.29) is 23.9 Å². The summed E-state index contributed by atoms with van der Waals surface area (Å²) in [4.78, 5) is 35.3. The van der Waals surface area contributed by atoms with Crippen molar-refractivity contribution in [2.75, 3.05) is 26.2 Å². The lowest BCUT2D eigenvalue weighted by Crippen LogP contribution is -2.62. The van der Waals surface area contributed by atoms with Crippen LogP contribution in [0.25, 0.3) is 0 Å². The molecule has 2 atom stereocenters. The third-order valence-electron chi connectivity index (χ3n) is 7.10. The maximum atomic E-state index is 13.6. The lowest BCUT2D eigenvalue weighted by molar-refractivity contribution is -0.150. The van der Waals surface area contributed by atoms with Crippen LogP contribution in [0.4, 0.5) is 0 Å². The Bertz CT molecular complexity index is 779. The van der Waals surface area contributed by atoms with E-state index < -0.39 is 0 Å². The number of rotatable bonds is 8. The number of nitrogens with zero attached hydrogens (tertiary/aromatic N) is 4. The number of hydrogen-bond acceptors (Lipinski definition) is 4. The number of amides is 2. The first-order valence-electron chi connectivity index (χ1n) is 12.5. The van der Waals surface area contributed by atoms with Crippen molar-refractivity contribution in [3.8, 4) is 0 Å². The number of carbonyl (C=O) groups is 2. The average Bonchev–Trinajstić information content (AvgIpc) is 3.05. The molecule has 1 aromatic rings. The van der Waals surface area contributed by atoms with Crippen molar-refractivity contribution in [1.29, 1.82) is 0 Å². The summed E-state index contributed by atoms with van der Waals surface area (Å²) in [7, 11) is 2.07. The van der Waals surface area contributed by atoms with Gasteiger partial charge in [0.05, 0.1) is 6.04 Å². The molecule has 3 rings (SSSR count). The van der Waals surface area contributed by atoms with Crippen LogP contribution in [0.2, 0.25) is 0 Å². The first kappa shape index (κ1) is 24.7. The van der Waals surface area contributed by atoms with Crippen molar-refractivity contribution in [1.82, 2.24) is 24.7 Å². The highest BCUT2D eigenvalue weighted by molar-refractivity contribution is 5.90. The van der Waals surface area contributed by atoms with Crippen molar-refractivity contribution < 1.29 is 9.59 Å². The van der Waals surface area contributed by atoms with E-state index >= 15 is 0 Å². The molecule has 1 N–H and O–H groups in total. The molecule has 0 radical (unpaired) electrons. The van der Waals surface area contributed by atoms with Crippen LogP contribution in [0.5, 0.6) is 0 Å². The van der Waals surface area contributed by atoms with Crippen LogP contribution in [0.3, 0.4) is 0 Å². The van der Waals surface area contributed by atoms with Gasteiger partial charge in [0.1, 0.15) is 11.9 Å². The number of aromatic nitrogens is 2. The van der Waals surface area contributed by atoms with Crippen LogP contribution in [0, 0.1) is 24.7 Å². The molecule has 0 bridgehead atoms. The number of likely N-dealkylation sites (tertiary alicyclic amines) is 1. The topological polar surface area (TPSA) is 70.5 Å². The second-order valence-corrected chi connectivity index (χ2v) is 10.7. The van der Waals surface area contributed by atoms with Gasteiger partial charge in [-0.05, 0) is 50.4 Å². The summed E-state index contributed by atoms with van der Waals surface area (Å²) >= 11 is 0. The molecule has 0 saturated carbocycles. The Morgan fingerprint density at radius 3 is 2.41 bits per heavy atom. The number of nitrogens with one attached hydrogen (secondary N) is 1. The number of imidazole rings is 1. The van der Waals surface area contributed by atoms with Crippen molar-refractivity contribution in [3.63, 3.8) is 0 Å². The minimum Gasteiger partial charge on any atom is -0.341 e. The molecule has 2 aliphatic rings. The van der Waals surface area contributed by atoms with Gasteiger partial charge in [0.2, 0.25) is 11.8 Å². The quantitative estimate of drug-likeness (QED) is 0.668. The first-order valence-corrected chi connectivity index (χ1v) is 12.5. The summed E-state index contributed by atoms with van der Waals surface area (Å²) in [6, 6.07) is -0.508. The maximum Gasteiger partial charge on any atom is 0.245 e. The second kappa shape index (κ2) is 10.8. The van der Waals surface area contributed by atoms with Crippen molar-refractivity contribution in [2.45, 2.75) is 78.8 Å². The van der Waals surface area contributed by atoms with Gasteiger partial charge < -0.3 is 19.7 Å². The molecule has 0 unspecified atom stereocenters. The molecule has 2 amide bonds. The largest absolute Gasteiger partial charge is 0.341 e. The Morgan fingerprint density at radius 1 is 1.16 bits per heavy atom. The summed E-state index contributed by atoms with van der Waals surface area (Å²) in [6.07, 6.45) is 6.44. The van der Waals surface area contributed by atoms with Gasteiger partial charge in [-0.1, -0.05) is 27.7 Å². The molecule has 7 nitrogen and oxygen atoms in total. The second-order valence-electron chi connectivity index (χ2n) is 10.7. The highest BCUT2D eigenvalue weighted by Gasteiger charge is 2.39. The molecule has 7 heteroatoms. The molecular formula is C25H43N5O2. The number of aryl methyl sites for hydroxylation is 1. The molecule has 1 aromatic heterocycles. The third-order valence-corrected chi connectivity index (χ3v) is 7.10. The molecule has 3 heterocycles. The standard InChI is InChI=1S/C25H43N5O2/c1-17(2)13-21-24(31)30(12-9-26-21)22(14-18(3)4)25(32)29-10-7-20(8-11-29)15-23-27-16-19(5)28(23)6/h16-18,20-22,26H,7-15H2,1-6H3/t21-,22-/m0/s1. The van der Waals surface area contributed by atoms with Gasteiger partial charge in [-0.3, -0.25) is 9.59 Å². The Hall–Kier alpha value is -1.89. The van der Waals surface area contributed by atoms with Crippen LogP contribution < -0.4 is 5.32 Å². The molecule has 2 fully saturated rings. The van der Waals surface area contributed by atoms with E-state index in [1.54, 1.807) is 0 Å². The first-order chi connectivity index (χ1) is 15.2. The zero-order chi connectivity index (χ0) is 23.4. The van der Waals surface area contributed by atoms with Crippen molar-refractivity contribution in [3.05, 3.63) is 17.7 Å². The summed E-state index contributed by atoms with van der Waals surface area (Å²) in [6.45, 7) is 13.6. The maximum absolute atomic E-state index is 13.6. The average molecular weight is 446 g/mol. The smallest absolute Gasteiger partial charge is 0.245 e. The fourth-order valence-electron chi connectivity index (χ4n) is 5.09. The van der Waals surface area contributed by atoms with Crippen LogP contribution in [0.15, 0.2) is 6.20 Å². The van der Waals surface area contributed by atoms with E-state index in [2.05, 4.69) is 56.5 Å². The fraction of sp³-hybridized carbons (Fsp3) is 0.800. The molecule has 2 aliphatic heterocycles. The van der Waals surface area contributed by atoms with Crippen LogP contribution >= 0.6 is 0 Å². The molecule has 180 valence electrons. The Labute approximate surface area is 193 Å². The number of piperazine rings is 1. The van der Waals surface area contributed by atoms with Gasteiger partial charge in [0.15, 0.2) is 0 Å².